The maximum atomic E-state index is 12.4. The molecular weight excluding hydrogens is 271 g/mol. The van der Waals surface area contributed by atoms with Crippen molar-refractivity contribution in [3.63, 3.8) is 0 Å². The zero-order valence-electron chi connectivity index (χ0n) is 11.2. The first-order valence-electron chi connectivity index (χ1n) is 5.97. The first-order valence-corrected chi connectivity index (χ1v) is 5.97. The van der Waals surface area contributed by atoms with Crippen LogP contribution < -0.4 is 5.32 Å². The molecule has 2 N–H and O–H groups in total. The number of hydrogen-bond donors (Lipinski definition) is 2. The monoisotopic (exact) mass is 287 g/mol. The molecule has 0 aromatic heterocycles. The van der Waals surface area contributed by atoms with Gasteiger partial charge in [-0.15, -0.1) is 0 Å². The van der Waals surface area contributed by atoms with E-state index >= 15 is 0 Å². The zero-order chi connectivity index (χ0) is 15.3. The molecule has 0 saturated carbocycles. The fourth-order valence-electron chi connectivity index (χ4n) is 1.48. The minimum atomic E-state index is -4.67. The van der Waals surface area contributed by atoms with E-state index in [4.69, 9.17) is 5.11 Å². The summed E-state index contributed by atoms with van der Waals surface area (Å²) in [6.07, 6.45) is -3.19. The SMILES string of the molecule is C/C(=C/c1ccc(C)cc1)C(=O)NC(CO)C(F)(F)F. The number of alkyl halides is 3. The molecule has 0 heterocycles. The summed E-state index contributed by atoms with van der Waals surface area (Å²) in [5.74, 6) is -0.859. The molecule has 1 aromatic carbocycles. The molecule has 0 radical (unpaired) electrons. The number of amides is 1. The molecule has 0 aliphatic carbocycles. The highest BCUT2D eigenvalue weighted by Crippen LogP contribution is 2.20. The fourth-order valence-corrected chi connectivity index (χ4v) is 1.48. The zero-order valence-corrected chi connectivity index (χ0v) is 11.2. The first-order chi connectivity index (χ1) is 9.24. The number of nitrogens with one attached hydrogen (secondary N) is 1. The maximum Gasteiger partial charge on any atom is 0.410 e. The van der Waals surface area contributed by atoms with Gasteiger partial charge in [-0.2, -0.15) is 13.2 Å². The largest absolute Gasteiger partial charge is 0.410 e. The average molecular weight is 287 g/mol. The van der Waals surface area contributed by atoms with Gasteiger partial charge in [-0.3, -0.25) is 4.79 Å². The Bertz CT molecular complexity index is 492. The lowest BCUT2D eigenvalue weighted by molar-refractivity contribution is -0.167. The molecule has 1 rings (SSSR count). The number of benzene rings is 1. The van der Waals surface area contributed by atoms with Crippen molar-refractivity contribution in [3.8, 4) is 0 Å². The summed E-state index contributed by atoms with van der Waals surface area (Å²) >= 11 is 0. The quantitative estimate of drug-likeness (QED) is 0.836. The molecule has 1 unspecified atom stereocenters. The number of carbonyl (C=O) groups is 1. The number of halogens is 3. The van der Waals surface area contributed by atoms with Crippen molar-refractivity contribution in [1.82, 2.24) is 5.32 Å². The Morgan fingerprint density at radius 2 is 1.90 bits per heavy atom. The van der Waals surface area contributed by atoms with Crippen molar-refractivity contribution in [2.45, 2.75) is 26.1 Å². The Morgan fingerprint density at radius 1 is 1.35 bits per heavy atom. The number of aliphatic hydroxyl groups is 1. The molecule has 0 bridgehead atoms. The smallest absolute Gasteiger partial charge is 0.394 e. The highest BCUT2D eigenvalue weighted by atomic mass is 19.4. The van der Waals surface area contributed by atoms with Gasteiger partial charge in [0.15, 0.2) is 0 Å². The third-order valence-corrected chi connectivity index (χ3v) is 2.70. The summed E-state index contributed by atoms with van der Waals surface area (Å²) in [7, 11) is 0. The standard InChI is InChI=1S/C14H16F3NO2/c1-9-3-5-11(6-4-9)7-10(2)13(20)18-12(8-19)14(15,16)17/h3-7,12,19H,8H2,1-2H3,(H,18,20)/b10-7-. The van der Waals surface area contributed by atoms with Gasteiger partial charge in [-0.1, -0.05) is 29.8 Å². The highest BCUT2D eigenvalue weighted by Gasteiger charge is 2.40. The molecule has 0 saturated heterocycles. The molecule has 20 heavy (non-hydrogen) atoms. The van der Waals surface area contributed by atoms with E-state index in [9.17, 15) is 18.0 Å². The van der Waals surface area contributed by atoms with E-state index in [1.807, 2.05) is 19.1 Å². The molecule has 3 nitrogen and oxygen atoms in total. The first kappa shape index (κ1) is 16.2. The van der Waals surface area contributed by atoms with Crippen LogP contribution in [-0.4, -0.2) is 29.8 Å². The van der Waals surface area contributed by atoms with Crippen LogP contribution in [0.4, 0.5) is 13.2 Å². The van der Waals surface area contributed by atoms with Crippen LogP contribution in [0.15, 0.2) is 29.8 Å². The van der Waals surface area contributed by atoms with E-state index < -0.39 is 24.7 Å². The molecule has 110 valence electrons. The van der Waals surface area contributed by atoms with Crippen molar-refractivity contribution in [2.24, 2.45) is 0 Å². The second-order valence-corrected chi connectivity index (χ2v) is 4.49. The predicted octanol–water partition coefficient (Wildman–Crippen LogP) is 2.44. The van der Waals surface area contributed by atoms with E-state index in [0.717, 1.165) is 11.1 Å². The summed E-state index contributed by atoms with van der Waals surface area (Å²) < 4.78 is 37.3. The third-order valence-electron chi connectivity index (χ3n) is 2.70. The van der Waals surface area contributed by atoms with Gasteiger partial charge in [0.25, 0.3) is 0 Å². The molecule has 0 aliphatic rings. The van der Waals surface area contributed by atoms with Crippen LogP contribution in [0.1, 0.15) is 18.1 Å². The summed E-state index contributed by atoms with van der Waals surface area (Å²) in [4.78, 5) is 11.6. The van der Waals surface area contributed by atoms with Crippen molar-refractivity contribution in [3.05, 3.63) is 41.0 Å². The predicted molar refractivity (Wildman–Crippen MR) is 69.9 cm³/mol. The van der Waals surface area contributed by atoms with Crippen LogP contribution in [0.25, 0.3) is 6.08 Å². The van der Waals surface area contributed by atoms with Crippen LogP contribution in [-0.2, 0) is 4.79 Å². The summed E-state index contributed by atoms with van der Waals surface area (Å²) in [5, 5.41) is 10.4. The molecule has 0 spiro atoms. The van der Waals surface area contributed by atoms with Crippen molar-refractivity contribution < 1.29 is 23.1 Å². The minimum Gasteiger partial charge on any atom is -0.394 e. The van der Waals surface area contributed by atoms with Gasteiger partial charge in [-0.25, -0.2) is 0 Å². The van der Waals surface area contributed by atoms with Crippen molar-refractivity contribution >= 4 is 12.0 Å². The summed E-state index contributed by atoms with van der Waals surface area (Å²) in [5.41, 5.74) is 1.90. The highest BCUT2D eigenvalue weighted by molar-refractivity contribution is 5.97. The second-order valence-electron chi connectivity index (χ2n) is 4.49. The van der Waals surface area contributed by atoms with E-state index in [-0.39, 0.29) is 5.57 Å². The normalized spacial score (nSPS) is 14.0. The van der Waals surface area contributed by atoms with E-state index in [0.29, 0.717) is 0 Å². The molecule has 0 fully saturated rings. The lowest BCUT2D eigenvalue weighted by Crippen LogP contribution is -2.48. The Hall–Kier alpha value is -1.82. The van der Waals surface area contributed by atoms with Gasteiger partial charge < -0.3 is 10.4 Å². The lowest BCUT2D eigenvalue weighted by Gasteiger charge is -2.19. The molecule has 0 aliphatic heterocycles. The second kappa shape index (κ2) is 6.56. The van der Waals surface area contributed by atoms with Gasteiger partial charge in [0, 0.05) is 5.57 Å². The fraction of sp³-hybridized carbons (Fsp3) is 0.357. The number of carbonyl (C=O) groups excluding carboxylic acids is 1. The van der Waals surface area contributed by atoms with Crippen LogP contribution in [0.2, 0.25) is 0 Å². The van der Waals surface area contributed by atoms with Gasteiger partial charge in [-0.05, 0) is 25.5 Å². The van der Waals surface area contributed by atoms with Gasteiger partial charge in [0.05, 0.1) is 6.61 Å². The Morgan fingerprint density at radius 3 is 2.35 bits per heavy atom. The van der Waals surface area contributed by atoms with Gasteiger partial charge >= 0.3 is 6.18 Å². The lowest BCUT2D eigenvalue weighted by atomic mass is 10.1. The number of aryl methyl sites for hydroxylation is 1. The van der Waals surface area contributed by atoms with Crippen molar-refractivity contribution in [1.29, 1.82) is 0 Å². The van der Waals surface area contributed by atoms with Crippen LogP contribution >= 0.6 is 0 Å². The molecule has 1 amide bonds. The van der Waals surface area contributed by atoms with Crippen molar-refractivity contribution in [2.75, 3.05) is 6.61 Å². The Kier molecular flexibility index (Phi) is 5.33. The van der Waals surface area contributed by atoms with Gasteiger partial charge in [0.1, 0.15) is 6.04 Å². The molecule has 6 heteroatoms. The number of aliphatic hydroxyl groups excluding tert-OH is 1. The molecule has 1 aromatic rings. The summed E-state index contributed by atoms with van der Waals surface area (Å²) in [6, 6.07) is 4.95. The Labute approximate surface area is 115 Å². The van der Waals surface area contributed by atoms with Crippen LogP contribution in [0.5, 0.6) is 0 Å². The van der Waals surface area contributed by atoms with Crippen LogP contribution in [0, 0.1) is 6.92 Å². The van der Waals surface area contributed by atoms with E-state index in [1.54, 1.807) is 17.4 Å². The van der Waals surface area contributed by atoms with Crippen LogP contribution in [0.3, 0.4) is 0 Å². The topological polar surface area (TPSA) is 49.3 Å². The summed E-state index contributed by atoms with van der Waals surface area (Å²) in [6.45, 7) is 2.13. The average Bonchev–Trinajstić information content (AvgIpc) is 2.36. The molecular formula is C14H16F3NO2. The Balaban J connectivity index is 2.78. The minimum absolute atomic E-state index is 0.136. The number of hydrogen-bond acceptors (Lipinski definition) is 2. The third kappa shape index (κ3) is 4.70. The maximum absolute atomic E-state index is 12.4. The van der Waals surface area contributed by atoms with E-state index in [2.05, 4.69) is 0 Å². The van der Waals surface area contributed by atoms with Gasteiger partial charge in [0.2, 0.25) is 5.91 Å². The molecule has 1 atom stereocenters. The number of rotatable bonds is 4. The van der Waals surface area contributed by atoms with E-state index in [1.165, 1.54) is 13.0 Å².